The number of sulfonamides is 1. The van der Waals surface area contributed by atoms with Crippen molar-refractivity contribution in [3.63, 3.8) is 0 Å². The number of amides is 1. The largest absolute Gasteiger partial charge is 0.495 e. The number of halogens is 2. The summed E-state index contributed by atoms with van der Waals surface area (Å²) in [6.45, 7) is 3.48. The number of nitrogens with one attached hydrogen (secondary N) is 3. The molecular weight excluding hydrogens is 576 g/mol. The first-order valence-electron chi connectivity index (χ1n) is 13.1. The van der Waals surface area contributed by atoms with E-state index >= 15 is 0 Å². The zero-order valence-electron chi connectivity index (χ0n) is 23.0. The molecule has 224 valence electrons. The summed E-state index contributed by atoms with van der Waals surface area (Å²) in [7, 11) is -2.75. The third-order valence-corrected chi connectivity index (χ3v) is 8.75. The van der Waals surface area contributed by atoms with E-state index in [2.05, 4.69) is 15.1 Å². The molecule has 1 aromatic heterocycles. The van der Waals surface area contributed by atoms with E-state index < -0.39 is 38.9 Å². The van der Waals surface area contributed by atoms with Crippen molar-refractivity contribution in [2.24, 2.45) is 5.92 Å². The number of aryl methyl sites for hydroxylation is 2. The highest BCUT2D eigenvalue weighted by Gasteiger charge is 2.47. The Morgan fingerprint density at radius 3 is 2.40 bits per heavy atom. The molecule has 1 heterocycles. The Morgan fingerprint density at radius 2 is 1.83 bits per heavy atom. The SMILES string of the molecule is COc1ccc(Oc2c(C)cc(-n3nc(C(F)F)c(=O)[nH]c3=O)cc2C)cc1S(=O)(=O)NC1(CNC(=O)C2CC2)CC1. The van der Waals surface area contributed by atoms with Crippen molar-refractivity contribution in [1.82, 2.24) is 24.8 Å². The van der Waals surface area contributed by atoms with Crippen LogP contribution in [0.1, 0.15) is 48.9 Å². The van der Waals surface area contributed by atoms with Gasteiger partial charge in [-0.25, -0.2) is 26.7 Å². The van der Waals surface area contributed by atoms with Gasteiger partial charge in [0.25, 0.3) is 12.0 Å². The average Bonchev–Trinajstić information content (AvgIpc) is 3.86. The van der Waals surface area contributed by atoms with Crippen LogP contribution in [0, 0.1) is 19.8 Å². The van der Waals surface area contributed by atoms with Gasteiger partial charge in [-0.1, -0.05) is 0 Å². The Hall–Kier alpha value is -4.11. The van der Waals surface area contributed by atoms with Gasteiger partial charge in [-0.3, -0.25) is 14.6 Å². The van der Waals surface area contributed by atoms with Crippen molar-refractivity contribution >= 4 is 15.9 Å². The van der Waals surface area contributed by atoms with Crippen LogP contribution in [0.3, 0.4) is 0 Å². The highest BCUT2D eigenvalue weighted by atomic mass is 32.2. The summed E-state index contributed by atoms with van der Waals surface area (Å²) in [5, 5.41) is 6.36. The third-order valence-electron chi connectivity index (χ3n) is 7.15. The summed E-state index contributed by atoms with van der Waals surface area (Å²) in [6, 6.07) is 7.21. The van der Waals surface area contributed by atoms with E-state index in [1.165, 1.54) is 37.4 Å². The molecule has 0 spiro atoms. The molecule has 2 saturated carbocycles. The fourth-order valence-electron chi connectivity index (χ4n) is 4.54. The number of methoxy groups -OCH3 is 1. The molecule has 2 fully saturated rings. The molecular formula is C27H29F2N5O7S. The van der Waals surface area contributed by atoms with Crippen molar-refractivity contribution in [2.75, 3.05) is 13.7 Å². The topological polar surface area (TPSA) is 161 Å². The summed E-state index contributed by atoms with van der Waals surface area (Å²) in [6.07, 6.45) is -0.341. The van der Waals surface area contributed by atoms with Crippen LogP contribution in [-0.4, -0.2) is 48.3 Å². The van der Waals surface area contributed by atoms with E-state index in [9.17, 15) is 31.6 Å². The van der Waals surface area contributed by atoms with E-state index in [1.54, 1.807) is 13.8 Å². The van der Waals surface area contributed by atoms with Crippen molar-refractivity contribution < 1.29 is 31.5 Å². The van der Waals surface area contributed by atoms with Gasteiger partial charge in [-0.05, 0) is 74.9 Å². The van der Waals surface area contributed by atoms with Gasteiger partial charge in [0.05, 0.1) is 18.3 Å². The average molecular weight is 606 g/mol. The minimum atomic E-state index is -4.09. The molecule has 0 radical (unpaired) electrons. The van der Waals surface area contributed by atoms with Crippen molar-refractivity contribution in [3.05, 3.63) is 68.0 Å². The number of aromatic nitrogens is 3. The fraction of sp³-hybridized carbons (Fsp3) is 0.407. The first kappa shape index (κ1) is 29.4. The van der Waals surface area contributed by atoms with Crippen LogP contribution in [0.4, 0.5) is 8.78 Å². The van der Waals surface area contributed by atoms with Crippen LogP contribution in [0.2, 0.25) is 0 Å². The molecule has 0 atom stereocenters. The molecule has 42 heavy (non-hydrogen) atoms. The number of alkyl halides is 2. The Morgan fingerprint density at radius 1 is 1.17 bits per heavy atom. The maximum atomic E-state index is 13.5. The van der Waals surface area contributed by atoms with Gasteiger partial charge in [0.1, 0.15) is 22.1 Å². The molecule has 5 rings (SSSR count). The molecule has 15 heteroatoms. The number of hydrogen-bond acceptors (Lipinski definition) is 8. The molecule has 2 aliphatic rings. The Balaban J connectivity index is 1.40. The van der Waals surface area contributed by atoms with Gasteiger partial charge < -0.3 is 14.8 Å². The van der Waals surface area contributed by atoms with Crippen LogP contribution in [0.25, 0.3) is 5.69 Å². The lowest BCUT2D eigenvalue weighted by molar-refractivity contribution is -0.122. The number of aromatic amines is 1. The number of rotatable bonds is 11. The van der Waals surface area contributed by atoms with E-state index in [0.29, 0.717) is 34.4 Å². The highest BCUT2D eigenvalue weighted by molar-refractivity contribution is 7.89. The van der Waals surface area contributed by atoms with Gasteiger partial charge in [0.2, 0.25) is 15.9 Å². The Labute approximate surface area is 239 Å². The monoisotopic (exact) mass is 605 g/mol. The predicted molar refractivity (Wildman–Crippen MR) is 146 cm³/mol. The summed E-state index contributed by atoms with van der Waals surface area (Å²) in [5.74, 6) is 0.529. The zero-order valence-corrected chi connectivity index (χ0v) is 23.8. The number of ether oxygens (including phenoxy) is 2. The highest BCUT2D eigenvalue weighted by Crippen LogP contribution is 2.39. The number of benzene rings is 2. The number of carbonyl (C=O) groups excluding carboxylic acids is 1. The number of nitrogens with zero attached hydrogens (tertiary/aromatic N) is 2. The molecule has 2 aliphatic carbocycles. The van der Waals surface area contributed by atoms with Crippen molar-refractivity contribution in [1.29, 1.82) is 0 Å². The summed E-state index contributed by atoms with van der Waals surface area (Å²) in [4.78, 5) is 37.7. The minimum Gasteiger partial charge on any atom is -0.495 e. The molecule has 0 saturated heterocycles. The zero-order chi connectivity index (χ0) is 30.4. The van der Waals surface area contributed by atoms with Crippen LogP contribution in [0.5, 0.6) is 17.2 Å². The second-order valence-electron chi connectivity index (χ2n) is 10.6. The van der Waals surface area contributed by atoms with Crippen molar-refractivity contribution in [2.45, 2.75) is 56.4 Å². The summed E-state index contributed by atoms with van der Waals surface area (Å²) in [5.41, 5.74) is -3.05. The Kier molecular flexibility index (Phi) is 7.66. The molecule has 3 N–H and O–H groups in total. The smallest absolute Gasteiger partial charge is 0.349 e. The Bertz CT molecular complexity index is 1760. The maximum absolute atomic E-state index is 13.5. The van der Waals surface area contributed by atoms with E-state index in [0.717, 1.165) is 12.8 Å². The quantitative estimate of drug-likeness (QED) is 0.301. The summed E-state index contributed by atoms with van der Waals surface area (Å²) < 4.78 is 68.0. The minimum absolute atomic E-state index is 0.0105. The third kappa shape index (κ3) is 6.06. The van der Waals surface area contributed by atoms with Gasteiger partial charge in [-0.2, -0.15) is 9.78 Å². The molecule has 1 amide bonds. The predicted octanol–water partition coefficient (Wildman–Crippen LogP) is 2.61. The lowest BCUT2D eigenvalue weighted by Crippen LogP contribution is -2.46. The van der Waals surface area contributed by atoms with Crippen LogP contribution in [-0.2, 0) is 14.8 Å². The van der Waals surface area contributed by atoms with E-state index in [-0.39, 0.29) is 40.5 Å². The standard InChI is InChI=1S/C27H29F2N5O7S/c1-14-10-17(34-26(37)31-25(36)21(32-34)23(28)29)11-15(2)22(14)41-18-6-7-19(40-3)20(12-18)42(38,39)33-27(8-9-27)13-30-24(35)16-4-5-16/h6-7,10-12,16,23,33H,4-5,8-9,13H2,1-3H3,(H,30,35)(H,31,36,37). The molecule has 3 aromatic rings. The second kappa shape index (κ2) is 10.9. The van der Waals surface area contributed by atoms with E-state index in [1.807, 2.05) is 4.98 Å². The number of H-pyrrole nitrogens is 1. The number of hydrogen-bond donors (Lipinski definition) is 3. The normalized spacial score (nSPS) is 15.9. The van der Waals surface area contributed by atoms with Gasteiger partial charge in [0.15, 0.2) is 5.69 Å². The fourth-order valence-corrected chi connectivity index (χ4v) is 6.19. The van der Waals surface area contributed by atoms with E-state index in [4.69, 9.17) is 9.47 Å². The van der Waals surface area contributed by atoms with Crippen LogP contribution >= 0.6 is 0 Å². The first-order valence-corrected chi connectivity index (χ1v) is 14.6. The lowest BCUT2D eigenvalue weighted by atomic mass is 10.1. The molecule has 0 unspecified atom stereocenters. The first-order chi connectivity index (χ1) is 19.8. The molecule has 0 bridgehead atoms. The van der Waals surface area contributed by atoms with Crippen LogP contribution in [0.15, 0.2) is 44.8 Å². The summed E-state index contributed by atoms with van der Waals surface area (Å²) >= 11 is 0. The van der Waals surface area contributed by atoms with Gasteiger partial charge >= 0.3 is 5.69 Å². The molecule has 12 nitrogen and oxygen atoms in total. The second-order valence-corrected chi connectivity index (χ2v) is 12.2. The number of carbonyl (C=O) groups is 1. The van der Waals surface area contributed by atoms with Crippen LogP contribution < -0.4 is 30.8 Å². The lowest BCUT2D eigenvalue weighted by Gasteiger charge is -2.20. The maximum Gasteiger partial charge on any atom is 0.349 e. The van der Waals surface area contributed by atoms with Gasteiger partial charge in [-0.15, -0.1) is 0 Å². The molecule has 2 aromatic carbocycles. The van der Waals surface area contributed by atoms with Gasteiger partial charge in [0, 0.05) is 18.5 Å². The molecule has 0 aliphatic heterocycles. The van der Waals surface area contributed by atoms with Crippen molar-refractivity contribution in [3.8, 4) is 22.9 Å².